The van der Waals surface area contributed by atoms with Crippen LogP contribution in [-0.2, 0) is 16.0 Å². The second kappa shape index (κ2) is 7.29. The van der Waals surface area contributed by atoms with E-state index in [0.29, 0.717) is 12.5 Å². The number of carbonyl (C=O) groups is 2. The number of carbonyl (C=O) groups excluding carboxylic acids is 2. The van der Waals surface area contributed by atoms with Crippen LogP contribution in [0.4, 0.5) is 5.69 Å². The maximum atomic E-state index is 12.7. The van der Waals surface area contributed by atoms with E-state index in [1.54, 1.807) is 0 Å². The first-order chi connectivity index (χ1) is 11.6. The minimum atomic E-state index is -0.220. The summed E-state index contributed by atoms with van der Waals surface area (Å²) in [6.45, 7) is 3.81. The maximum Gasteiger partial charge on any atom is 0.239 e. The molecule has 1 aromatic rings. The maximum absolute atomic E-state index is 12.7. The van der Waals surface area contributed by atoms with Crippen LogP contribution < -0.4 is 26.8 Å². The molecule has 0 saturated carbocycles. The van der Waals surface area contributed by atoms with Crippen LogP contribution in [0.25, 0.3) is 0 Å². The van der Waals surface area contributed by atoms with Gasteiger partial charge in [0.1, 0.15) is 6.04 Å². The minimum absolute atomic E-state index is 0. The van der Waals surface area contributed by atoms with Crippen molar-refractivity contribution in [2.45, 2.75) is 37.9 Å². The van der Waals surface area contributed by atoms with Crippen LogP contribution in [0.2, 0.25) is 0 Å². The molecule has 4 unspecified atom stereocenters. The summed E-state index contributed by atoms with van der Waals surface area (Å²) >= 11 is 0. The summed E-state index contributed by atoms with van der Waals surface area (Å²) in [5.41, 5.74) is 9.28. The highest BCUT2D eigenvalue weighted by Crippen LogP contribution is 2.27. The van der Waals surface area contributed by atoms with Gasteiger partial charge in [0.15, 0.2) is 0 Å². The summed E-state index contributed by atoms with van der Waals surface area (Å²) in [7, 11) is 0. The van der Waals surface area contributed by atoms with Crippen molar-refractivity contribution in [1.82, 2.24) is 21.5 Å². The van der Waals surface area contributed by atoms with Crippen LogP contribution >= 0.6 is 12.4 Å². The third kappa shape index (κ3) is 3.50. The number of anilines is 1. The van der Waals surface area contributed by atoms with E-state index in [-0.39, 0.29) is 42.2 Å². The molecule has 136 valence electrons. The summed E-state index contributed by atoms with van der Waals surface area (Å²) < 4.78 is 0. The molecule has 8 heteroatoms. The monoisotopic (exact) mass is 365 g/mol. The summed E-state index contributed by atoms with van der Waals surface area (Å²) in [6, 6.07) is 5.91. The molecule has 0 aliphatic carbocycles. The zero-order valence-corrected chi connectivity index (χ0v) is 14.9. The minimum Gasteiger partial charge on any atom is -0.348 e. The van der Waals surface area contributed by atoms with Crippen molar-refractivity contribution in [3.8, 4) is 0 Å². The van der Waals surface area contributed by atoms with Gasteiger partial charge >= 0.3 is 0 Å². The summed E-state index contributed by atoms with van der Waals surface area (Å²) in [4.78, 5) is 24.1. The quantitative estimate of drug-likeness (QED) is 0.529. The molecule has 2 fully saturated rings. The SMILES string of the molecule is CC(NC(=O)C1NNC2CCNCC21)c1ccc2c(c1)CC(=O)N2.Cl. The molecule has 2 amide bonds. The Hall–Kier alpha value is -1.67. The lowest BCUT2D eigenvalue weighted by Crippen LogP contribution is -2.49. The van der Waals surface area contributed by atoms with Crippen LogP contribution in [0.5, 0.6) is 0 Å². The van der Waals surface area contributed by atoms with Gasteiger partial charge in [-0.3, -0.25) is 15.0 Å². The Morgan fingerprint density at radius 2 is 2.16 bits per heavy atom. The lowest BCUT2D eigenvalue weighted by atomic mass is 9.89. The van der Waals surface area contributed by atoms with Crippen LogP contribution in [0.3, 0.4) is 0 Å². The Bertz CT molecular complexity index is 683. The number of nitrogens with one attached hydrogen (secondary N) is 5. The van der Waals surface area contributed by atoms with Crippen molar-refractivity contribution in [2.75, 3.05) is 18.4 Å². The standard InChI is InChI=1S/C17H23N5O2.ClH/c1-9(10-2-3-13-11(6-10)7-15(23)20-13)19-17(24)16-12-8-18-5-4-14(12)21-22-16;/h2-3,6,9,12,14,16,18,21-22H,4-5,7-8H2,1H3,(H,19,24)(H,20,23);1H. The fourth-order valence-corrected chi connectivity index (χ4v) is 3.88. The molecule has 3 heterocycles. The molecule has 7 nitrogen and oxygen atoms in total. The van der Waals surface area contributed by atoms with E-state index in [4.69, 9.17) is 0 Å². The smallest absolute Gasteiger partial charge is 0.239 e. The number of fused-ring (bicyclic) bond motifs is 2. The Kier molecular flexibility index (Phi) is 5.29. The molecule has 0 bridgehead atoms. The lowest BCUT2D eigenvalue weighted by molar-refractivity contribution is -0.124. The molecule has 25 heavy (non-hydrogen) atoms. The Balaban J connectivity index is 0.00000182. The number of rotatable bonds is 3. The van der Waals surface area contributed by atoms with E-state index in [1.807, 2.05) is 25.1 Å². The fraction of sp³-hybridized carbons (Fsp3) is 0.529. The summed E-state index contributed by atoms with van der Waals surface area (Å²) in [5.74, 6) is 0.310. The van der Waals surface area contributed by atoms with Gasteiger partial charge in [-0.25, -0.2) is 5.43 Å². The second-order valence-electron chi connectivity index (χ2n) is 6.90. The number of hydrogen-bond donors (Lipinski definition) is 5. The van der Waals surface area contributed by atoms with Gasteiger partial charge in [-0.15, -0.1) is 12.4 Å². The van der Waals surface area contributed by atoms with Gasteiger partial charge in [-0.2, -0.15) is 0 Å². The van der Waals surface area contributed by atoms with Gasteiger partial charge < -0.3 is 16.0 Å². The third-order valence-electron chi connectivity index (χ3n) is 5.28. The summed E-state index contributed by atoms with van der Waals surface area (Å²) in [5, 5.41) is 9.29. The average molecular weight is 366 g/mol. The lowest BCUT2D eigenvalue weighted by Gasteiger charge is -2.28. The molecule has 3 aliphatic rings. The van der Waals surface area contributed by atoms with E-state index in [2.05, 4.69) is 26.8 Å². The Labute approximate surface area is 153 Å². The van der Waals surface area contributed by atoms with Gasteiger partial charge in [0.25, 0.3) is 0 Å². The van der Waals surface area contributed by atoms with Crippen molar-refractivity contribution < 1.29 is 9.59 Å². The van der Waals surface area contributed by atoms with Crippen molar-refractivity contribution in [3.63, 3.8) is 0 Å². The topological polar surface area (TPSA) is 94.3 Å². The van der Waals surface area contributed by atoms with Crippen molar-refractivity contribution in [2.24, 2.45) is 5.92 Å². The van der Waals surface area contributed by atoms with Crippen molar-refractivity contribution in [3.05, 3.63) is 29.3 Å². The highest BCUT2D eigenvalue weighted by Gasteiger charge is 2.41. The largest absolute Gasteiger partial charge is 0.348 e. The molecule has 0 spiro atoms. The first kappa shape index (κ1) is 18.1. The van der Waals surface area contributed by atoms with E-state index in [0.717, 1.165) is 36.3 Å². The Morgan fingerprint density at radius 3 is 3.00 bits per heavy atom. The number of benzene rings is 1. The molecule has 0 aromatic heterocycles. The van der Waals surface area contributed by atoms with Crippen LogP contribution in [0.15, 0.2) is 18.2 Å². The van der Waals surface area contributed by atoms with Gasteiger partial charge in [0.2, 0.25) is 11.8 Å². The van der Waals surface area contributed by atoms with Gasteiger partial charge in [-0.05, 0) is 37.1 Å². The first-order valence-corrected chi connectivity index (χ1v) is 8.56. The normalized spacial score (nSPS) is 28.4. The zero-order valence-electron chi connectivity index (χ0n) is 14.1. The van der Waals surface area contributed by atoms with E-state index >= 15 is 0 Å². The predicted octanol–water partition coefficient (Wildman–Crippen LogP) is 0.235. The fourth-order valence-electron chi connectivity index (χ4n) is 3.88. The average Bonchev–Trinajstić information content (AvgIpc) is 3.16. The Morgan fingerprint density at radius 1 is 1.32 bits per heavy atom. The number of amides is 2. The second-order valence-corrected chi connectivity index (χ2v) is 6.90. The van der Waals surface area contributed by atoms with Crippen molar-refractivity contribution >= 4 is 29.9 Å². The zero-order chi connectivity index (χ0) is 16.7. The van der Waals surface area contributed by atoms with Crippen LogP contribution in [0, 0.1) is 5.92 Å². The first-order valence-electron chi connectivity index (χ1n) is 8.56. The van der Waals surface area contributed by atoms with Gasteiger partial charge in [0.05, 0.1) is 12.5 Å². The van der Waals surface area contributed by atoms with Crippen LogP contribution in [0.1, 0.15) is 30.5 Å². The number of hydrazine groups is 1. The van der Waals surface area contributed by atoms with Gasteiger partial charge in [-0.1, -0.05) is 12.1 Å². The molecule has 1 aromatic carbocycles. The number of hydrogen-bond acceptors (Lipinski definition) is 5. The summed E-state index contributed by atoms with van der Waals surface area (Å²) in [6.07, 6.45) is 1.44. The molecular weight excluding hydrogens is 342 g/mol. The highest BCUT2D eigenvalue weighted by molar-refractivity contribution is 5.99. The van der Waals surface area contributed by atoms with Crippen molar-refractivity contribution in [1.29, 1.82) is 0 Å². The van der Waals surface area contributed by atoms with E-state index in [1.165, 1.54) is 0 Å². The third-order valence-corrected chi connectivity index (χ3v) is 5.28. The molecule has 5 N–H and O–H groups in total. The molecule has 4 rings (SSSR count). The predicted molar refractivity (Wildman–Crippen MR) is 97.4 cm³/mol. The molecule has 3 aliphatic heterocycles. The van der Waals surface area contributed by atoms with E-state index in [9.17, 15) is 9.59 Å². The molecule has 2 saturated heterocycles. The molecule has 0 radical (unpaired) electrons. The van der Waals surface area contributed by atoms with Gasteiger partial charge in [0, 0.05) is 24.2 Å². The molecular formula is C17H24ClN5O2. The highest BCUT2D eigenvalue weighted by atomic mass is 35.5. The molecule has 4 atom stereocenters. The van der Waals surface area contributed by atoms with E-state index < -0.39 is 0 Å². The number of piperidine rings is 1. The van der Waals surface area contributed by atoms with Crippen LogP contribution in [-0.4, -0.2) is 37.0 Å². The number of halogens is 1.